The SMILES string of the molecule is Cc1ccc(-c2nc(S(=O)(=O)c3ccc(Cl)cc3)c(Nc3cc(C)cc(C)c3)o2)cc1. The number of benzene rings is 3. The number of hydrogen-bond donors (Lipinski definition) is 1. The lowest BCUT2D eigenvalue weighted by Crippen LogP contribution is -2.05. The molecule has 4 rings (SSSR count). The Hall–Kier alpha value is -3.09. The van der Waals surface area contributed by atoms with Crippen LogP contribution < -0.4 is 5.32 Å². The van der Waals surface area contributed by atoms with E-state index in [9.17, 15) is 8.42 Å². The van der Waals surface area contributed by atoms with E-state index < -0.39 is 9.84 Å². The number of halogens is 1. The molecule has 4 aromatic rings. The first-order valence-corrected chi connectivity index (χ1v) is 11.5. The van der Waals surface area contributed by atoms with Crippen molar-refractivity contribution in [3.63, 3.8) is 0 Å². The molecular formula is C24H21ClN2O3S. The zero-order chi connectivity index (χ0) is 22.2. The third-order valence-corrected chi connectivity index (χ3v) is 6.68. The molecule has 1 aromatic heterocycles. The third-order valence-electron chi connectivity index (χ3n) is 4.75. The molecule has 1 N–H and O–H groups in total. The van der Waals surface area contributed by atoms with Gasteiger partial charge in [-0.15, -0.1) is 0 Å². The van der Waals surface area contributed by atoms with E-state index in [0.29, 0.717) is 10.6 Å². The average Bonchev–Trinajstić information content (AvgIpc) is 3.12. The van der Waals surface area contributed by atoms with Crippen LogP contribution in [0, 0.1) is 20.8 Å². The van der Waals surface area contributed by atoms with Crippen molar-refractivity contribution in [3.05, 3.63) is 88.4 Å². The second kappa shape index (κ2) is 8.21. The number of hydrogen-bond acceptors (Lipinski definition) is 5. The van der Waals surface area contributed by atoms with Gasteiger partial charge in [0.15, 0.2) is 0 Å². The maximum absolute atomic E-state index is 13.4. The molecule has 0 fully saturated rings. The fourth-order valence-electron chi connectivity index (χ4n) is 3.29. The predicted octanol–water partition coefficient (Wildman–Crippen LogP) is 6.50. The second-order valence-electron chi connectivity index (χ2n) is 7.48. The molecule has 0 radical (unpaired) electrons. The van der Waals surface area contributed by atoms with E-state index in [1.54, 1.807) is 0 Å². The predicted molar refractivity (Wildman–Crippen MR) is 123 cm³/mol. The van der Waals surface area contributed by atoms with Crippen molar-refractivity contribution in [3.8, 4) is 11.5 Å². The topological polar surface area (TPSA) is 72.2 Å². The molecule has 7 heteroatoms. The van der Waals surface area contributed by atoms with E-state index >= 15 is 0 Å². The molecule has 0 aliphatic rings. The summed E-state index contributed by atoms with van der Waals surface area (Å²) in [5.41, 5.74) is 4.58. The number of aromatic nitrogens is 1. The van der Waals surface area contributed by atoms with Crippen LogP contribution in [0.3, 0.4) is 0 Å². The quantitative estimate of drug-likeness (QED) is 0.374. The molecule has 0 atom stereocenters. The first-order chi connectivity index (χ1) is 14.7. The van der Waals surface area contributed by atoms with E-state index in [2.05, 4.69) is 10.3 Å². The minimum absolute atomic E-state index is 0.0653. The van der Waals surface area contributed by atoms with Crippen molar-refractivity contribution >= 4 is 33.0 Å². The molecule has 0 saturated carbocycles. The zero-order valence-electron chi connectivity index (χ0n) is 17.3. The maximum atomic E-state index is 13.4. The van der Waals surface area contributed by atoms with Crippen LogP contribution in [-0.4, -0.2) is 13.4 Å². The number of aryl methyl sites for hydroxylation is 3. The molecule has 0 amide bonds. The van der Waals surface area contributed by atoms with Crippen LogP contribution in [0.5, 0.6) is 0 Å². The summed E-state index contributed by atoms with van der Waals surface area (Å²) in [4.78, 5) is 4.46. The number of sulfone groups is 1. The Bertz CT molecular complexity index is 1320. The van der Waals surface area contributed by atoms with Crippen molar-refractivity contribution in [2.45, 2.75) is 30.7 Å². The first-order valence-electron chi connectivity index (χ1n) is 9.66. The van der Waals surface area contributed by atoms with Gasteiger partial charge in [-0.3, -0.25) is 0 Å². The lowest BCUT2D eigenvalue weighted by Gasteiger charge is -2.08. The Kier molecular flexibility index (Phi) is 5.60. The molecule has 5 nitrogen and oxygen atoms in total. The monoisotopic (exact) mass is 452 g/mol. The lowest BCUT2D eigenvalue weighted by atomic mass is 10.1. The molecule has 0 spiro atoms. The Labute approximate surface area is 186 Å². The molecule has 0 aliphatic heterocycles. The highest BCUT2D eigenvalue weighted by molar-refractivity contribution is 7.91. The van der Waals surface area contributed by atoms with Crippen LogP contribution in [0.2, 0.25) is 5.02 Å². The molecule has 1 heterocycles. The van der Waals surface area contributed by atoms with Crippen LogP contribution in [0.25, 0.3) is 11.5 Å². The molecule has 0 bridgehead atoms. The van der Waals surface area contributed by atoms with Gasteiger partial charge < -0.3 is 9.73 Å². The Morgan fingerprint density at radius 3 is 2.06 bits per heavy atom. The van der Waals surface area contributed by atoms with Gasteiger partial charge in [0.1, 0.15) is 0 Å². The van der Waals surface area contributed by atoms with Crippen molar-refractivity contribution in [1.82, 2.24) is 4.98 Å². The van der Waals surface area contributed by atoms with Crippen molar-refractivity contribution in [1.29, 1.82) is 0 Å². The van der Waals surface area contributed by atoms with Gasteiger partial charge in [-0.05, 0) is 80.4 Å². The fraction of sp³-hybridized carbons (Fsp3) is 0.125. The van der Waals surface area contributed by atoms with Crippen LogP contribution in [0.15, 0.2) is 81.1 Å². The summed E-state index contributed by atoms with van der Waals surface area (Å²) in [5, 5.41) is 3.38. The lowest BCUT2D eigenvalue weighted by molar-refractivity contribution is 0.582. The van der Waals surface area contributed by atoms with E-state index in [0.717, 1.165) is 22.4 Å². The molecular weight excluding hydrogens is 432 g/mol. The van der Waals surface area contributed by atoms with Crippen LogP contribution in [0.4, 0.5) is 11.6 Å². The summed E-state index contributed by atoms with van der Waals surface area (Å²) in [6, 6.07) is 19.4. The smallest absolute Gasteiger partial charge is 0.238 e. The highest BCUT2D eigenvalue weighted by Crippen LogP contribution is 2.34. The summed E-state index contributed by atoms with van der Waals surface area (Å²) in [6.45, 7) is 5.92. The summed E-state index contributed by atoms with van der Waals surface area (Å²) >= 11 is 5.93. The van der Waals surface area contributed by atoms with Crippen molar-refractivity contribution in [2.24, 2.45) is 0 Å². The van der Waals surface area contributed by atoms with Crippen LogP contribution in [0.1, 0.15) is 16.7 Å². The largest absolute Gasteiger partial charge is 0.419 e. The summed E-state index contributed by atoms with van der Waals surface area (Å²) in [5.74, 6) is 0.287. The summed E-state index contributed by atoms with van der Waals surface area (Å²) < 4.78 is 32.7. The minimum Gasteiger partial charge on any atom is -0.419 e. The molecule has 3 aromatic carbocycles. The first kappa shape index (κ1) is 21.2. The van der Waals surface area contributed by atoms with Gasteiger partial charge >= 0.3 is 0 Å². The van der Waals surface area contributed by atoms with Gasteiger partial charge in [-0.1, -0.05) is 35.4 Å². The van der Waals surface area contributed by atoms with Crippen LogP contribution >= 0.6 is 11.6 Å². The van der Waals surface area contributed by atoms with Gasteiger partial charge in [-0.2, -0.15) is 4.98 Å². The average molecular weight is 453 g/mol. The van der Waals surface area contributed by atoms with E-state index in [1.165, 1.54) is 24.3 Å². The van der Waals surface area contributed by atoms with Gasteiger partial charge in [0.25, 0.3) is 0 Å². The zero-order valence-corrected chi connectivity index (χ0v) is 18.9. The van der Waals surface area contributed by atoms with Gasteiger partial charge in [0.2, 0.25) is 26.6 Å². The minimum atomic E-state index is -3.95. The summed E-state index contributed by atoms with van der Waals surface area (Å²) in [7, 11) is -3.95. The van der Waals surface area contributed by atoms with Gasteiger partial charge in [0, 0.05) is 16.3 Å². The van der Waals surface area contributed by atoms with Crippen molar-refractivity contribution < 1.29 is 12.8 Å². The Morgan fingerprint density at radius 2 is 1.45 bits per heavy atom. The molecule has 0 unspecified atom stereocenters. The van der Waals surface area contributed by atoms with E-state index in [4.69, 9.17) is 16.0 Å². The second-order valence-corrected chi connectivity index (χ2v) is 9.78. The van der Waals surface area contributed by atoms with Crippen LogP contribution in [-0.2, 0) is 9.84 Å². The molecule has 0 saturated heterocycles. The third kappa shape index (κ3) is 4.50. The number of rotatable bonds is 5. The van der Waals surface area contributed by atoms with E-state index in [-0.39, 0.29) is 21.7 Å². The number of nitrogens with zero attached hydrogens (tertiary/aromatic N) is 1. The van der Waals surface area contributed by atoms with E-state index in [1.807, 2.05) is 63.2 Å². The van der Waals surface area contributed by atoms with Gasteiger partial charge in [-0.25, -0.2) is 8.42 Å². The normalized spacial score (nSPS) is 11.5. The maximum Gasteiger partial charge on any atom is 0.238 e. The Morgan fingerprint density at radius 1 is 0.839 bits per heavy atom. The fourth-order valence-corrected chi connectivity index (χ4v) is 4.67. The highest BCUT2D eigenvalue weighted by Gasteiger charge is 2.29. The molecule has 0 aliphatic carbocycles. The number of anilines is 2. The Balaban J connectivity index is 1.85. The summed E-state index contributed by atoms with van der Waals surface area (Å²) in [6.07, 6.45) is 0. The highest BCUT2D eigenvalue weighted by atomic mass is 35.5. The molecule has 158 valence electrons. The van der Waals surface area contributed by atoms with Crippen molar-refractivity contribution in [2.75, 3.05) is 5.32 Å². The standard InChI is InChI=1S/C24H21ClN2O3S/c1-15-4-6-18(7-5-15)22-27-24(31(28,29)21-10-8-19(25)9-11-21)23(30-22)26-20-13-16(2)12-17(3)14-20/h4-14,26H,1-3H3. The number of oxazole rings is 1. The number of nitrogens with one attached hydrogen (secondary N) is 1. The molecule has 31 heavy (non-hydrogen) atoms. The van der Waals surface area contributed by atoms with Gasteiger partial charge in [0.05, 0.1) is 4.90 Å².